The Morgan fingerprint density at radius 1 is 1.12 bits per heavy atom. The Morgan fingerprint density at radius 2 is 1.81 bits per heavy atom. The minimum absolute atomic E-state index is 0.00839. The predicted octanol–water partition coefficient (Wildman–Crippen LogP) is 3.07. The van der Waals surface area contributed by atoms with Crippen molar-refractivity contribution in [3.8, 4) is 11.1 Å². The topological polar surface area (TPSA) is 109 Å². The van der Waals surface area contributed by atoms with Gasteiger partial charge >= 0.3 is 12.1 Å². The average Bonchev–Trinajstić information content (AvgIpc) is 3.09. The van der Waals surface area contributed by atoms with Crippen molar-refractivity contribution in [2.45, 2.75) is 26.1 Å². The van der Waals surface area contributed by atoms with Gasteiger partial charge < -0.3 is 10.0 Å². The molecule has 0 fully saturated rings. The number of rotatable bonds is 4. The van der Waals surface area contributed by atoms with Crippen LogP contribution in [0, 0.1) is 6.92 Å². The third-order valence-electron chi connectivity index (χ3n) is 4.60. The fraction of sp³-hybridized carbons (Fsp3) is 0.238. The Labute approximate surface area is 180 Å². The molecule has 0 saturated heterocycles. The maximum absolute atomic E-state index is 12.9. The number of hydrogen-bond acceptors (Lipinski definition) is 6. The van der Waals surface area contributed by atoms with Gasteiger partial charge in [-0.2, -0.15) is 13.2 Å². The number of aliphatic carboxylic acids is 1. The monoisotopic (exact) mass is 445 g/mol. The van der Waals surface area contributed by atoms with Gasteiger partial charge in [0.2, 0.25) is 0 Å². The number of fused-ring (bicyclic) bond motifs is 1. The lowest BCUT2D eigenvalue weighted by molar-refractivity contribution is -0.192. The molecule has 0 radical (unpaired) electrons. The van der Waals surface area contributed by atoms with Gasteiger partial charge in [0.05, 0.1) is 17.8 Å². The number of aryl methyl sites for hydroxylation is 1. The van der Waals surface area contributed by atoms with Crippen molar-refractivity contribution in [2.24, 2.45) is 0 Å². The van der Waals surface area contributed by atoms with Crippen LogP contribution in [-0.2, 0) is 17.8 Å². The number of carboxylic acid groups (broad SMARTS) is 1. The minimum Gasteiger partial charge on any atom is -0.475 e. The first-order valence-electron chi connectivity index (χ1n) is 9.41. The molecule has 1 aliphatic heterocycles. The Bertz CT molecular complexity index is 1110. The molecule has 32 heavy (non-hydrogen) atoms. The molecule has 0 saturated carbocycles. The highest BCUT2D eigenvalue weighted by molar-refractivity contribution is 6.03. The third kappa shape index (κ3) is 5.42. The number of hydrogen-bond donors (Lipinski definition) is 1. The molecular formula is C21H18F3N5O3. The highest BCUT2D eigenvalue weighted by Gasteiger charge is 2.38. The Morgan fingerprint density at radius 3 is 2.41 bits per heavy atom. The summed E-state index contributed by atoms with van der Waals surface area (Å²) in [5.74, 6) is -2.75. The molecule has 0 aliphatic carbocycles. The number of aromatic nitrogens is 4. The number of halogens is 3. The molecular weight excluding hydrogens is 427 g/mol. The number of amides is 1. The SMILES string of the molecule is Cc1ccc(CCN2Cc3nccc(-c4cncnc4)c3C2=O)nc1.O=C(O)C(F)(F)F. The fourth-order valence-corrected chi connectivity index (χ4v) is 3.03. The van der Waals surface area contributed by atoms with E-state index in [0.29, 0.717) is 18.7 Å². The predicted molar refractivity (Wildman–Crippen MR) is 106 cm³/mol. The second-order valence-electron chi connectivity index (χ2n) is 6.91. The lowest BCUT2D eigenvalue weighted by Gasteiger charge is -2.15. The lowest BCUT2D eigenvalue weighted by Crippen LogP contribution is -2.26. The average molecular weight is 445 g/mol. The van der Waals surface area contributed by atoms with E-state index in [0.717, 1.165) is 34.5 Å². The van der Waals surface area contributed by atoms with E-state index in [4.69, 9.17) is 9.90 Å². The number of carbonyl (C=O) groups excluding carboxylic acids is 1. The smallest absolute Gasteiger partial charge is 0.475 e. The first-order valence-corrected chi connectivity index (χ1v) is 9.41. The summed E-state index contributed by atoms with van der Waals surface area (Å²) in [6.07, 6.45) is 4.14. The molecule has 0 spiro atoms. The van der Waals surface area contributed by atoms with E-state index < -0.39 is 12.1 Å². The number of carboxylic acids is 1. The number of pyridine rings is 2. The van der Waals surface area contributed by atoms with Crippen LogP contribution in [0.2, 0.25) is 0 Å². The molecule has 166 valence electrons. The van der Waals surface area contributed by atoms with Gasteiger partial charge in [0.15, 0.2) is 0 Å². The molecule has 3 aromatic heterocycles. The van der Waals surface area contributed by atoms with Crippen LogP contribution in [0.25, 0.3) is 11.1 Å². The van der Waals surface area contributed by atoms with Gasteiger partial charge in [-0.15, -0.1) is 0 Å². The molecule has 0 aromatic carbocycles. The molecule has 11 heteroatoms. The van der Waals surface area contributed by atoms with Crippen LogP contribution in [0.5, 0.6) is 0 Å². The zero-order valence-electron chi connectivity index (χ0n) is 16.9. The zero-order chi connectivity index (χ0) is 23.3. The summed E-state index contributed by atoms with van der Waals surface area (Å²) < 4.78 is 31.7. The molecule has 4 rings (SSSR count). The molecule has 8 nitrogen and oxygen atoms in total. The van der Waals surface area contributed by atoms with Crippen molar-refractivity contribution in [2.75, 3.05) is 6.54 Å². The molecule has 0 atom stereocenters. The summed E-state index contributed by atoms with van der Waals surface area (Å²) in [6, 6.07) is 5.90. The van der Waals surface area contributed by atoms with E-state index >= 15 is 0 Å². The van der Waals surface area contributed by atoms with Gasteiger partial charge in [-0.1, -0.05) is 6.07 Å². The molecule has 1 aliphatic rings. The van der Waals surface area contributed by atoms with Crippen LogP contribution in [-0.4, -0.2) is 54.5 Å². The second-order valence-corrected chi connectivity index (χ2v) is 6.91. The van der Waals surface area contributed by atoms with Gasteiger partial charge in [-0.05, 0) is 24.6 Å². The summed E-state index contributed by atoms with van der Waals surface area (Å²) in [5.41, 5.74) is 5.26. The summed E-state index contributed by atoms with van der Waals surface area (Å²) >= 11 is 0. The van der Waals surface area contributed by atoms with Crippen molar-refractivity contribution in [3.63, 3.8) is 0 Å². The highest BCUT2D eigenvalue weighted by Crippen LogP contribution is 2.30. The van der Waals surface area contributed by atoms with Crippen LogP contribution < -0.4 is 0 Å². The molecule has 1 N–H and O–H groups in total. The van der Waals surface area contributed by atoms with E-state index in [9.17, 15) is 18.0 Å². The standard InChI is InChI=1S/C19H17N5O.C2HF3O2/c1-13-2-3-15(23-8-13)5-7-24-11-17-18(19(24)25)16(4-6-22-17)14-9-20-12-21-10-14;3-2(4,5)1(6)7/h2-4,6,8-10,12H,5,7,11H2,1H3;(H,6,7). The highest BCUT2D eigenvalue weighted by atomic mass is 19.4. The van der Waals surface area contributed by atoms with Crippen LogP contribution in [0.3, 0.4) is 0 Å². The lowest BCUT2D eigenvalue weighted by atomic mass is 10.0. The van der Waals surface area contributed by atoms with Crippen LogP contribution in [0.1, 0.15) is 27.3 Å². The molecule has 0 bridgehead atoms. The molecule has 1 amide bonds. The first kappa shape index (κ1) is 22.8. The van der Waals surface area contributed by atoms with E-state index in [2.05, 4.69) is 19.9 Å². The molecule has 0 unspecified atom stereocenters. The second kappa shape index (κ2) is 9.50. The van der Waals surface area contributed by atoms with Gasteiger partial charge in [0.1, 0.15) is 6.33 Å². The number of carbonyl (C=O) groups is 2. The fourth-order valence-electron chi connectivity index (χ4n) is 3.03. The van der Waals surface area contributed by atoms with Crippen LogP contribution in [0.4, 0.5) is 13.2 Å². The Balaban J connectivity index is 0.000000360. The Hall–Kier alpha value is -3.89. The van der Waals surface area contributed by atoms with Crippen molar-refractivity contribution in [1.82, 2.24) is 24.8 Å². The first-order chi connectivity index (χ1) is 15.2. The van der Waals surface area contributed by atoms with Gasteiger partial charge in [0, 0.05) is 54.6 Å². The largest absolute Gasteiger partial charge is 0.490 e. The van der Waals surface area contributed by atoms with E-state index in [1.54, 1.807) is 18.6 Å². The van der Waals surface area contributed by atoms with Gasteiger partial charge in [-0.3, -0.25) is 14.8 Å². The van der Waals surface area contributed by atoms with E-state index in [-0.39, 0.29) is 5.91 Å². The number of nitrogens with zero attached hydrogens (tertiary/aromatic N) is 5. The van der Waals surface area contributed by atoms with E-state index in [1.165, 1.54) is 6.33 Å². The van der Waals surface area contributed by atoms with Gasteiger partial charge in [-0.25, -0.2) is 14.8 Å². The molecule has 4 heterocycles. The van der Waals surface area contributed by atoms with Crippen LogP contribution in [0.15, 0.2) is 49.3 Å². The third-order valence-corrected chi connectivity index (χ3v) is 4.60. The van der Waals surface area contributed by atoms with Crippen molar-refractivity contribution in [3.05, 3.63) is 71.8 Å². The van der Waals surface area contributed by atoms with Crippen molar-refractivity contribution >= 4 is 11.9 Å². The summed E-state index contributed by atoms with van der Waals surface area (Å²) in [6.45, 7) is 3.16. The van der Waals surface area contributed by atoms with E-state index in [1.807, 2.05) is 36.2 Å². The zero-order valence-corrected chi connectivity index (χ0v) is 16.9. The maximum atomic E-state index is 12.9. The van der Waals surface area contributed by atoms with Crippen molar-refractivity contribution < 1.29 is 27.9 Å². The maximum Gasteiger partial charge on any atom is 0.490 e. The number of alkyl halides is 3. The quantitative estimate of drug-likeness (QED) is 0.657. The minimum atomic E-state index is -5.08. The normalized spacial score (nSPS) is 12.8. The van der Waals surface area contributed by atoms with Gasteiger partial charge in [0.25, 0.3) is 5.91 Å². The summed E-state index contributed by atoms with van der Waals surface area (Å²) in [5, 5.41) is 7.12. The Kier molecular flexibility index (Phi) is 6.76. The van der Waals surface area contributed by atoms with Crippen LogP contribution >= 0.6 is 0 Å². The molecule has 3 aromatic rings. The van der Waals surface area contributed by atoms with Crippen molar-refractivity contribution in [1.29, 1.82) is 0 Å². The summed E-state index contributed by atoms with van der Waals surface area (Å²) in [7, 11) is 0. The summed E-state index contributed by atoms with van der Waals surface area (Å²) in [4.78, 5) is 40.5.